The van der Waals surface area contributed by atoms with Crippen LogP contribution in [0, 0.1) is 0 Å². The maximum atomic E-state index is 6.65. The summed E-state index contributed by atoms with van der Waals surface area (Å²) in [6, 6.07) is 0. The van der Waals surface area contributed by atoms with Crippen LogP contribution in [-0.2, 0) is 9.47 Å². The fourth-order valence-corrected chi connectivity index (χ4v) is 0.241. The molecule has 3 nitrogen and oxygen atoms in total. The molecule has 6 heavy (non-hydrogen) atoms. The summed E-state index contributed by atoms with van der Waals surface area (Å²) in [6.45, 7) is 0.207. The van der Waals surface area contributed by atoms with Crippen molar-refractivity contribution in [2.24, 2.45) is 0 Å². The monoisotopic (exact) mass is 86.0 g/mol. The predicted molar refractivity (Wildman–Crippen MR) is 18.2 cm³/mol. The normalized spacial score (nSPS) is 18.3. The Kier molecular flexibility index (Phi) is 0.602. The third-order valence-electron chi connectivity index (χ3n) is 0.473. The van der Waals surface area contributed by atoms with E-state index in [1.807, 2.05) is 0 Å². The molecule has 33 valence electrons. The van der Waals surface area contributed by atoms with E-state index in [1.54, 1.807) is 0 Å². The first-order chi connectivity index (χ1) is 2.89. The van der Waals surface area contributed by atoms with Gasteiger partial charge in [-0.1, -0.05) is 0 Å². The van der Waals surface area contributed by atoms with Gasteiger partial charge in [0, 0.05) is 0 Å². The van der Waals surface area contributed by atoms with Crippen molar-refractivity contribution in [1.82, 2.24) is 5.73 Å². The van der Waals surface area contributed by atoms with Crippen LogP contribution >= 0.6 is 0 Å². The van der Waals surface area contributed by atoms with Crippen molar-refractivity contribution in [3.8, 4) is 0 Å². The SMILES string of the molecule is [NH]C1=COCO1. The molecule has 0 fully saturated rings. The molecule has 1 radical (unpaired) electrons. The van der Waals surface area contributed by atoms with Crippen LogP contribution in [0.5, 0.6) is 0 Å². The van der Waals surface area contributed by atoms with Crippen LogP contribution in [0.15, 0.2) is 12.1 Å². The van der Waals surface area contributed by atoms with Gasteiger partial charge in [-0.15, -0.1) is 0 Å². The van der Waals surface area contributed by atoms with E-state index in [4.69, 9.17) is 5.73 Å². The largest absolute Gasteiger partial charge is 0.459 e. The van der Waals surface area contributed by atoms with E-state index < -0.39 is 0 Å². The Balaban J connectivity index is 2.45. The Morgan fingerprint density at radius 1 is 1.83 bits per heavy atom. The molecule has 0 saturated heterocycles. The quantitative estimate of drug-likeness (QED) is 0.418. The third-order valence-corrected chi connectivity index (χ3v) is 0.473. The summed E-state index contributed by atoms with van der Waals surface area (Å²) in [4.78, 5) is 0. The zero-order valence-corrected chi connectivity index (χ0v) is 3.10. The van der Waals surface area contributed by atoms with Gasteiger partial charge in [-0.25, -0.2) is 0 Å². The van der Waals surface area contributed by atoms with Crippen molar-refractivity contribution in [1.29, 1.82) is 0 Å². The fourth-order valence-electron chi connectivity index (χ4n) is 0.241. The molecule has 0 aromatic heterocycles. The van der Waals surface area contributed by atoms with Crippen molar-refractivity contribution in [3.05, 3.63) is 12.1 Å². The Hall–Kier alpha value is -0.860. The Morgan fingerprint density at radius 2 is 2.67 bits per heavy atom. The highest BCUT2D eigenvalue weighted by atomic mass is 16.7. The van der Waals surface area contributed by atoms with Crippen LogP contribution in [0.3, 0.4) is 0 Å². The van der Waals surface area contributed by atoms with Crippen molar-refractivity contribution in [3.63, 3.8) is 0 Å². The van der Waals surface area contributed by atoms with Crippen molar-refractivity contribution in [2.45, 2.75) is 0 Å². The Morgan fingerprint density at radius 3 is 2.83 bits per heavy atom. The standard InChI is InChI=1S/C3H4NO2/c4-3-1-5-2-6-3/h1,4H,2H2. The number of rotatable bonds is 0. The number of hydrogen-bond acceptors (Lipinski definition) is 2. The summed E-state index contributed by atoms with van der Waals surface area (Å²) in [5, 5.41) is 0. The predicted octanol–water partition coefficient (Wildman–Crippen LogP) is 0.0725. The molecule has 0 aromatic rings. The number of nitrogens with one attached hydrogen (secondary N) is 1. The summed E-state index contributed by atoms with van der Waals surface area (Å²) < 4.78 is 8.94. The van der Waals surface area contributed by atoms with E-state index in [0.717, 1.165) is 0 Å². The first-order valence-corrected chi connectivity index (χ1v) is 1.56. The van der Waals surface area contributed by atoms with Crippen LogP contribution in [0.4, 0.5) is 0 Å². The van der Waals surface area contributed by atoms with Gasteiger partial charge in [-0.3, -0.25) is 5.73 Å². The highest BCUT2D eigenvalue weighted by molar-refractivity contribution is 4.80. The maximum absolute atomic E-state index is 6.65. The average molecular weight is 86.1 g/mol. The van der Waals surface area contributed by atoms with E-state index >= 15 is 0 Å². The molecule has 0 aliphatic carbocycles. The van der Waals surface area contributed by atoms with Gasteiger partial charge in [0.05, 0.1) is 0 Å². The van der Waals surface area contributed by atoms with Crippen LogP contribution in [0.25, 0.3) is 0 Å². The highest BCUT2D eigenvalue weighted by Crippen LogP contribution is 1.98. The Labute approximate surface area is 35.3 Å². The number of hydrogen-bond donors (Lipinski definition) is 0. The summed E-state index contributed by atoms with van der Waals surface area (Å²) in [5.74, 6) is 0.106. The first kappa shape index (κ1) is 3.33. The molecule has 1 aliphatic heterocycles. The molecule has 0 unspecified atom stereocenters. The second kappa shape index (κ2) is 1.08. The minimum Gasteiger partial charge on any atom is -0.459 e. The van der Waals surface area contributed by atoms with Gasteiger partial charge in [0.25, 0.3) is 0 Å². The molecule has 3 heteroatoms. The average Bonchev–Trinajstić information content (AvgIpc) is 1.86. The van der Waals surface area contributed by atoms with Crippen LogP contribution < -0.4 is 5.73 Å². The molecular weight excluding hydrogens is 82.0 g/mol. The van der Waals surface area contributed by atoms with Gasteiger partial charge in [0.15, 0.2) is 0 Å². The lowest BCUT2D eigenvalue weighted by Crippen LogP contribution is -1.83. The van der Waals surface area contributed by atoms with Gasteiger partial charge in [-0.2, -0.15) is 0 Å². The van der Waals surface area contributed by atoms with Crippen LogP contribution in [0.2, 0.25) is 0 Å². The number of ether oxygens (including phenoxy) is 2. The minimum atomic E-state index is 0.106. The van der Waals surface area contributed by atoms with Crippen LogP contribution in [0.1, 0.15) is 0 Å². The second-order valence-corrected chi connectivity index (χ2v) is 0.911. The van der Waals surface area contributed by atoms with E-state index in [1.165, 1.54) is 6.26 Å². The summed E-state index contributed by atoms with van der Waals surface area (Å²) in [7, 11) is 0. The van der Waals surface area contributed by atoms with Gasteiger partial charge >= 0.3 is 0 Å². The minimum absolute atomic E-state index is 0.106. The van der Waals surface area contributed by atoms with E-state index in [-0.39, 0.29) is 12.7 Å². The van der Waals surface area contributed by atoms with Crippen molar-refractivity contribution >= 4 is 0 Å². The van der Waals surface area contributed by atoms with E-state index in [2.05, 4.69) is 9.47 Å². The van der Waals surface area contributed by atoms with Gasteiger partial charge < -0.3 is 9.47 Å². The molecule has 0 bridgehead atoms. The highest BCUT2D eigenvalue weighted by Gasteiger charge is 1.97. The van der Waals surface area contributed by atoms with E-state index in [0.29, 0.717) is 0 Å². The Bertz CT molecular complexity index is 78.9. The zero-order valence-electron chi connectivity index (χ0n) is 3.10. The third kappa shape index (κ3) is 0.381. The van der Waals surface area contributed by atoms with Crippen LogP contribution in [-0.4, -0.2) is 6.79 Å². The van der Waals surface area contributed by atoms with Crippen molar-refractivity contribution in [2.75, 3.05) is 6.79 Å². The van der Waals surface area contributed by atoms with Crippen molar-refractivity contribution < 1.29 is 9.47 Å². The van der Waals surface area contributed by atoms with Gasteiger partial charge in [0.2, 0.25) is 12.7 Å². The summed E-state index contributed by atoms with van der Waals surface area (Å²) >= 11 is 0. The van der Waals surface area contributed by atoms with E-state index in [9.17, 15) is 0 Å². The lowest BCUT2D eigenvalue weighted by molar-refractivity contribution is 0.0789. The molecule has 1 rings (SSSR count). The first-order valence-electron chi connectivity index (χ1n) is 1.56. The topological polar surface area (TPSA) is 42.3 Å². The lowest BCUT2D eigenvalue weighted by Gasteiger charge is -1.85. The molecule has 0 atom stereocenters. The molecule has 1 N–H and O–H groups in total. The molecule has 0 aromatic carbocycles. The molecule has 1 aliphatic rings. The maximum Gasteiger partial charge on any atom is 0.244 e. The van der Waals surface area contributed by atoms with Gasteiger partial charge in [0.1, 0.15) is 6.26 Å². The zero-order chi connectivity index (χ0) is 4.41. The van der Waals surface area contributed by atoms with Gasteiger partial charge in [-0.05, 0) is 0 Å². The fraction of sp³-hybridized carbons (Fsp3) is 0.333. The molecule has 0 spiro atoms. The molecule has 0 saturated carbocycles. The second-order valence-electron chi connectivity index (χ2n) is 0.911. The summed E-state index contributed by atoms with van der Waals surface area (Å²) in [6.07, 6.45) is 1.26. The molecule has 1 heterocycles. The lowest BCUT2D eigenvalue weighted by atomic mass is 10.9. The molecular formula is C3H4NO2. The summed E-state index contributed by atoms with van der Waals surface area (Å²) in [5.41, 5.74) is 6.65. The molecule has 0 amide bonds. The smallest absolute Gasteiger partial charge is 0.244 e.